The van der Waals surface area contributed by atoms with Crippen molar-refractivity contribution in [1.82, 2.24) is 20.0 Å². The van der Waals surface area contributed by atoms with Gasteiger partial charge in [0.1, 0.15) is 5.54 Å². The number of nitrogens with one attached hydrogen (secondary N) is 1. The molecule has 3 aliphatic heterocycles. The minimum atomic E-state index is -3.35. The number of rotatable bonds is 9. The minimum absolute atomic E-state index is 0. The standard InChI is InChI=1S/C34H46N4O5S.ClH/c1-6-38-32(41)37(23-24-12-14-26(15-13-24)44(5,42)43)31(40)34(38)16-18-36(19-17-34)30(29(39)20-33(2,3)4)28-22-35-21-27(28)25-10-8-7-9-11-25;/h7-15,27-28,30,35H,6,16-23H2,1-5H3;1H/t27-,28-,30?;/m1./s1. The molecule has 2 aromatic rings. The van der Waals surface area contributed by atoms with Gasteiger partial charge in [0.2, 0.25) is 0 Å². The van der Waals surface area contributed by atoms with E-state index in [1.807, 2.05) is 13.0 Å². The average molecular weight is 659 g/mol. The molecule has 0 saturated carbocycles. The number of hydrogen-bond donors (Lipinski definition) is 1. The Hall–Kier alpha value is -2.79. The Morgan fingerprint density at radius 1 is 1.00 bits per heavy atom. The molecule has 3 heterocycles. The summed E-state index contributed by atoms with van der Waals surface area (Å²) >= 11 is 0. The zero-order chi connectivity index (χ0) is 31.9. The summed E-state index contributed by atoms with van der Waals surface area (Å²) in [4.78, 5) is 47.2. The van der Waals surface area contributed by atoms with Crippen LogP contribution < -0.4 is 5.32 Å². The lowest BCUT2D eigenvalue weighted by molar-refractivity contribution is -0.137. The van der Waals surface area contributed by atoms with Crippen molar-refractivity contribution in [2.75, 3.05) is 39.0 Å². The summed E-state index contributed by atoms with van der Waals surface area (Å²) in [5.41, 5.74) is 0.837. The summed E-state index contributed by atoms with van der Waals surface area (Å²) in [5.74, 6) is 0.352. The van der Waals surface area contributed by atoms with Gasteiger partial charge in [-0.1, -0.05) is 63.2 Å². The van der Waals surface area contributed by atoms with Crippen molar-refractivity contribution in [3.8, 4) is 0 Å². The number of Topliss-reactive ketones (excluding diaryl/α,β-unsaturated/α-hetero) is 1. The summed E-state index contributed by atoms with van der Waals surface area (Å²) in [6, 6.07) is 16.1. The monoisotopic (exact) mass is 658 g/mol. The van der Waals surface area contributed by atoms with Crippen LogP contribution in [0.15, 0.2) is 59.5 Å². The largest absolute Gasteiger partial charge is 0.327 e. The Balaban J connectivity index is 0.00000461. The molecule has 0 aromatic heterocycles. The molecule has 9 nitrogen and oxygen atoms in total. The third-order valence-electron chi connectivity index (χ3n) is 9.58. The van der Waals surface area contributed by atoms with Crippen molar-refractivity contribution in [3.63, 3.8) is 0 Å². The Bertz CT molecular complexity index is 1480. The van der Waals surface area contributed by atoms with Crippen molar-refractivity contribution < 1.29 is 22.8 Å². The topological polar surface area (TPSA) is 107 Å². The lowest BCUT2D eigenvalue weighted by Crippen LogP contribution is -2.60. The normalized spacial score (nSPS) is 23.0. The Morgan fingerprint density at radius 3 is 2.18 bits per heavy atom. The summed E-state index contributed by atoms with van der Waals surface area (Å²) in [5, 5.41) is 3.55. The number of likely N-dealkylation sites (tertiary alicyclic amines) is 1. The van der Waals surface area contributed by atoms with Gasteiger partial charge in [0.25, 0.3) is 5.91 Å². The van der Waals surface area contributed by atoms with E-state index in [2.05, 4.69) is 55.3 Å². The number of benzene rings is 2. The van der Waals surface area contributed by atoms with Crippen molar-refractivity contribution in [3.05, 3.63) is 65.7 Å². The second-order valence-electron chi connectivity index (χ2n) is 13.9. The summed E-state index contributed by atoms with van der Waals surface area (Å²) in [6.07, 6.45) is 2.55. The van der Waals surface area contributed by atoms with Gasteiger partial charge in [-0.25, -0.2) is 13.2 Å². The van der Waals surface area contributed by atoms with Gasteiger partial charge in [-0.3, -0.25) is 19.4 Å². The number of nitrogens with zero attached hydrogens (tertiary/aromatic N) is 3. The molecule has 1 spiro atoms. The highest BCUT2D eigenvalue weighted by molar-refractivity contribution is 7.90. The van der Waals surface area contributed by atoms with E-state index in [1.165, 1.54) is 22.6 Å². The average Bonchev–Trinajstić information content (AvgIpc) is 3.51. The summed E-state index contributed by atoms with van der Waals surface area (Å²) in [7, 11) is -3.35. The van der Waals surface area contributed by atoms with Crippen LogP contribution >= 0.6 is 12.4 Å². The molecule has 45 heavy (non-hydrogen) atoms. The fourth-order valence-electron chi connectivity index (χ4n) is 7.48. The zero-order valence-corrected chi connectivity index (χ0v) is 28.6. The van der Waals surface area contributed by atoms with Crippen LogP contribution in [0.4, 0.5) is 4.79 Å². The van der Waals surface area contributed by atoms with Crippen LogP contribution in [-0.4, -0.2) is 91.4 Å². The lowest BCUT2D eigenvalue weighted by Gasteiger charge is -2.46. The third kappa shape index (κ3) is 7.14. The smallest absolute Gasteiger partial charge is 0.316 e. The van der Waals surface area contributed by atoms with Gasteiger partial charge >= 0.3 is 6.03 Å². The van der Waals surface area contributed by atoms with E-state index in [4.69, 9.17) is 0 Å². The number of imide groups is 1. The molecule has 0 radical (unpaired) electrons. The second-order valence-corrected chi connectivity index (χ2v) is 15.9. The van der Waals surface area contributed by atoms with Gasteiger partial charge in [-0.2, -0.15) is 0 Å². The number of hydrogen-bond acceptors (Lipinski definition) is 7. The molecular formula is C34H47ClN4O5S. The van der Waals surface area contributed by atoms with Crippen LogP contribution in [0.2, 0.25) is 0 Å². The van der Waals surface area contributed by atoms with Crippen LogP contribution in [0.1, 0.15) is 64.0 Å². The molecule has 5 rings (SSSR count). The van der Waals surface area contributed by atoms with Crippen LogP contribution in [0.25, 0.3) is 0 Å². The number of carbonyl (C=O) groups excluding carboxylic acids is 3. The second kappa shape index (κ2) is 13.5. The number of ketones is 1. The van der Waals surface area contributed by atoms with Crippen LogP contribution in [0.5, 0.6) is 0 Å². The van der Waals surface area contributed by atoms with E-state index in [9.17, 15) is 22.8 Å². The number of amides is 3. The van der Waals surface area contributed by atoms with Crippen LogP contribution in [0.3, 0.4) is 0 Å². The zero-order valence-electron chi connectivity index (χ0n) is 27.0. The van der Waals surface area contributed by atoms with Gasteiger partial charge in [-0.05, 0) is 48.4 Å². The molecular weight excluding hydrogens is 612 g/mol. The maximum atomic E-state index is 14.1. The predicted octanol–water partition coefficient (Wildman–Crippen LogP) is 4.51. The van der Waals surface area contributed by atoms with E-state index >= 15 is 0 Å². The van der Waals surface area contributed by atoms with Crippen molar-refractivity contribution >= 4 is 40.0 Å². The van der Waals surface area contributed by atoms with Crippen LogP contribution in [-0.2, 0) is 26.0 Å². The van der Waals surface area contributed by atoms with Crippen LogP contribution in [0, 0.1) is 11.3 Å². The molecule has 0 bridgehead atoms. The van der Waals surface area contributed by atoms with Gasteiger partial charge in [0, 0.05) is 57.2 Å². The molecule has 3 fully saturated rings. The van der Waals surface area contributed by atoms with E-state index in [0.717, 1.165) is 19.3 Å². The highest BCUT2D eigenvalue weighted by atomic mass is 35.5. The fraction of sp³-hybridized carbons (Fsp3) is 0.559. The Kier molecular flexibility index (Phi) is 10.5. The highest BCUT2D eigenvalue weighted by Crippen LogP contribution is 2.41. The van der Waals surface area contributed by atoms with E-state index in [-0.39, 0.29) is 64.9 Å². The van der Waals surface area contributed by atoms with Gasteiger partial charge in [0.15, 0.2) is 15.6 Å². The SMILES string of the molecule is CCN1C(=O)N(Cc2ccc(S(C)(=O)=O)cc2)C(=O)C12CCN(C(C(=O)CC(C)(C)C)[C@@H]1CNC[C@@H]1c1ccccc1)CC2.Cl. The number of halogens is 1. The molecule has 1 unspecified atom stereocenters. The van der Waals surface area contributed by atoms with Crippen molar-refractivity contribution in [2.45, 2.75) is 75.9 Å². The number of piperidine rings is 1. The molecule has 3 saturated heterocycles. The first-order valence-corrected chi connectivity index (χ1v) is 17.6. The quantitative estimate of drug-likeness (QED) is 0.395. The summed E-state index contributed by atoms with van der Waals surface area (Å²) in [6.45, 7) is 11.4. The van der Waals surface area contributed by atoms with Crippen molar-refractivity contribution in [2.24, 2.45) is 11.3 Å². The predicted molar refractivity (Wildman–Crippen MR) is 177 cm³/mol. The third-order valence-corrected chi connectivity index (χ3v) is 10.7. The maximum Gasteiger partial charge on any atom is 0.327 e. The van der Waals surface area contributed by atoms with E-state index in [0.29, 0.717) is 44.5 Å². The molecule has 246 valence electrons. The molecule has 3 aliphatic rings. The lowest BCUT2D eigenvalue weighted by atomic mass is 9.76. The fourth-order valence-corrected chi connectivity index (χ4v) is 8.11. The maximum absolute atomic E-state index is 14.1. The number of carbonyl (C=O) groups is 3. The van der Waals surface area contributed by atoms with E-state index < -0.39 is 15.4 Å². The molecule has 11 heteroatoms. The Morgan fingerprint density at radius 2 is 1.62 bits per heavy atom. The molecule has 1 N–H and O–H groups in total. The Labute approximate surface area is 274 Å². The van der Waals surface area contributed by atoms with Gasteiger partial charge in [0.05, 0.1) is 17.5 Å². The molecule has 3 amide bonds. The van der Waals surface area contributed by atoms with E-state index in [1.54, 1.807) is 17.0 Å². The first kappa shape index (κ1) is 35.1. The highest BCUT2D eigenvalue weighted by Gasteiger charge is 2.58. The first-order valence-electron chi connectivity index (χ1n) is 15.7. The van der Waals surface area contributed by atoms with Gasteiger partial charge in [-0.15, -0.1) is 12.4 Å². The summed E-state index contributed by atoms with van der Waals surface area (Å²) < 4.78 is 23.8. The molecule has 3 atom stereocenters. The van der Waals surface area contributed by atoms with Crippen molar-refractivity contribution in [1.29, 1.82) is 0 Å². The number of urea groups is 1. The molecule has 0 aliphatic carbocycles. The van der Waals surface area contributed by atoms with Gasteiger partial charge < -0.3 is 10.2 Å². The number of sulfone groups is 1. The minimum Gasteiger partial charge on any atom is -0.316 e. The molecule has 2 aromatic carbocycles. The number of likely N-dealkylation sites (N-methyl/N-ethyl adjacent to an activating group) is 1. The first-order chi connectivity index (χ1) is 20.7.